The highest BCUT2D eigenvalue weighted by atomic mass is 31.2. The summed E-state index contributed by atoms with van der Waals surface area (Å²) in [7, 11) is 1.58. The van der Waals surface area contributed by atoms with Gasteiger partial charge < -0.3 is 19.8 Å². The molecule has 0 bridgehead atoms. The molecular formula is C61H118N2O6P+. The Labute approximate surface area is 435 Å². The van der Waals surface area contributed by atoms with Crippen molar-refractivity contribution in [3.8, 4) is 0 Å². The fourth-order valence-electron chi connectivity index (χ4n) is 8.82. The lowest BCUT2D eigenvalue weighted by Gasteiger charge is -2.25. The van der Waals surface area contributed by atoms with Crippen molar-refractivity contribution in [2.24, 2.45) is 0 Å². The number of allylic oxidation sites excluding steroid dienone is 7. The van der Waals surface area contributed by atoms with Crippen LogP contribution in [0.25, 0.3) is 0 Å². The van der Waals surface area contributed by atoms with Crippen molar-refractivity contribution in [2.45, 2.75) is 296 Å². The van der Waals surface area contributed by atoms with E-state index in [9.17, 15) is 19.4 Å². The second-order valence-corrected chi connectivity index (χ2v) is 23.2. The topological polar surface area (TPSA) is 105 Å². The summed E-state index contributed by atoms with van der Waals surface area (Å²) in [5, 5.41) is 13.8. The maximum Gasteiger partial charge on any atom is 0.472 e. The summed E-state index contributed by atoms with van der Waals surface area (Å²) >= 11 is 0. The molecule has 0 radical (unpaired) electrons. The first-order chi connectivity index (χ1) is 34.0. The number of phosphoric acid groups is 1. The summed E-state index contributed by atoms with van der Waals surface area (Å²) in [5.74, 6) is -0.178. The Bertz CT molecular complexity index is 1280. The van der Waals surface area contributed by atoms with Gasteiger partial charge in [-0.25, -0.2) is 4.57 Å². The molecular weight excluding hydrogens is 888 g/mol. The molecule has 3 N–H and O–H groups in total. The molecule has 9 heteroatoms. The number of aliphatic hydroxyl groups is 1. The van der Waals surface area contributed by atoms with E-state index in [1.807, 2.05) is 27.2 Å². The molecule has 0 fully saturated rings. The molecule has 70 heavy (non-hydrogen) atoms. The van der Waals surface area contributed by atoms with Crippen molar-refractivity contribution in [1.29, 1.82) is 0 Å². The number of carbonyl (C=O) groups excluding carboxylic acids is 1. The molecule has 0 aliphatic heterocycles. The van der Waals surface area contributed by atoms with E-state index < -0.39 is 20.0 Å². The van der Waals surface area contributed by atoms with E-state index >= 15 is 0 Å². The first-order valence-electron chi connectivity index (χ1n) is 30.0. The highest BCUT2D eigenvalue weighted by Crippen LogP contribution is 2.43. The van der Waals surface area contributed by atoms with Crippen LogP contribution >= 0.6 is 7.82 Å². The number of hydrogen-bond acceptors (Lipinski definition) is 5. The van der Waals surface area contributed by atoms with Crippen LogP contribution in [0.5, 0.6) is 0 Å². The lowest BCUT2D eigenvalue weighted by molar-refractivity contribution is -0.870. The number of hydrogen-bond donors (Lipinski definition) is 3. The number of phosphoric ester groups is 1. The lowest BCUT2D eigenvalue weighted by atomic mass is 10.0. The summed E-state index contributed by atoms with van der Waals surface area (Å²) < 4.78 is 23.5. The zero-order valence-electron chi connectivity index (χ0n) is 47.0. The molecule has 1 amide bonds. The van der Waals surface area contributed by atoms with Crippen molar-refractivity contribution in [2.75, 3.05) is 40.9 Å². The Hall–Kier alpha value is -1.54. The maximum atomic E-state index is 12.9. The fraction of sp³-hybridized carbons (Fsp3) is 0.852. The number of nitrogens with one attached hydrogen (secondary N) is 1. The molecule has 0 spiro atoms. The Morgan fingerprint density at radius 1 is 0.486 bits per heavy atom. The number of unbranched alkanes of at least 4 members (excludes halogenated alkanes) is 36. The highest BCUT2D eigenvalue weighted by molar-refractivity contribution is 7.47. The number of aliphatic hydroxyl groups excluding tert-OH is 1. The van der Waals surface area contributed by atoms with Crippen LogP contribution in [0.2, 0.25) is 0 Å². The molecule has 0 aromatic carbocycles. The van der Waals surface area contributed by atoms with Gasteiger partial charge in [0.2, 0.25) is 5.91 Å². The van der Waals surface area contributed by atoms with Crippen LogP contribution in [0, 0.1) is 0 Å². The SMILES string of the molecule is CCCCCCC/C=C\C/C=C\C/C=C\CCCCCCCCCCCCCCCCCCCCCCCCCCCCC(=O)NC(COP(=O)(O)OCC[N+](C)(C)C)C(O)/C=C/CCCCCCC. The maximum absolute atomic E-state index is 12.9. The number of nitrogens with zero attached hydrogens (tertiary/aromatic N) is 1. The Kier molecular flexibility index (Phi) is 51.2. The lowest BCUT2D eigenvalue weighted by Crippen LogP contribution is -2.45. The van der Waals surface area contributed by atoms with E-state index in [1.165, 1.54) is 212 Å². The van der Waals surface area contributed by atoms with Crippen LogP contribution in [0.15, 0.2) is 48.6 Å². The van der Waals surface area contributed by atoms with Crippen LogP contribution in [0.4, 0.5) is 0 Å². The summed E-state index contributed by atoms with van der Waals surface area (Å²) in [6.07, 6.45) is 70.0. The van der Waals surface area contributed by atoms with Crippen molar-refractivity contribution in [3.63, 3.8) is 0 Å². The van der Waals surface area contributed by atoms with E-state index in [0.29, 0.717) is 17.4 Å². The summed E-state index contributed by atoms with van der Waals surface area (Å²) in [6.45, 7) is 4.76. The standard InChI is InChI=1S/C61H117N2O6P/c1-6-8-10-12-14-15-16-17-18-19-20-21-22-23-24-25-26-27-28-29-30-31-32-33-34-35-36-37-38-39-40-41-42-43-44-45-46-47-49-51-53-55-61(65)62-59(60(64)54-52-50-48-13-11-9-7-2)58-69-70(66,67)68-57-56-63(3,4)5/h16-17,19-20,22-23,52,54,59-60,64H,6-15,18,21,24-51,53,55-58H2,1-5H3,(H-,62,65,66,67)/p+1/b17-16-,20-19-,23-22-,54-52+. The molecule has 412 valence electrons. The zero-order valence-corrected chi connectivity index (χ0v) is 47.9. The molecule has 8 nitrogen and oxygen atoms in total. The van der Waals surface area contributed by atoms with Crippen molar-refractivity contribution in [1.82, 2.24) is 5.32 Å². The van der Waals surface area contributed by atoms with E-state index in [-0.39, 0.29) is 19.1 Å². The largest absolute Gasteiger partial charge is 0.472 e. The van der Waals surface area contributed by atoms with E-state index in [0.717, 1.165) is 51.4 Å². The monoisotopic (exact) mass is 1010 g/mol. The molecule has 0 aromatic rings. The second-order valence-electron chi connectivity index (χ2n) is 21.7. The molecule has 0 aliphatic carbocycles. The molecule has 0 saturated heterocycles. The van der Waals surface area contributed by atoms with Gasteiger partial charge in [-0.1, -0.05) is 268 Å². The van der Waals surface area contributed by atoms with Crippen LogP contribution in [-0.2, 0) is 18.4 Å². The van der Waals surface area contributed by atoms with Gasteiger partial charge in [-0.2, -0.15) is 0 Å². The van der Waals surface area contributed by atoms with Gasteiger partial charge >= 0.3 is 7.82 Å². The van der Waals surface area contributed by atoms with Crippen molar-refractivity contribution >= 4 is 13.7 Å². The van der Waals surface area contributed by atoms with Crippen LogP contribution in [0.1, 0.15) is 284 Å². The first kappa shape index (κ1) is 68.5. The van der Waals surface area contributed by atoms with Gasteiger partial charge in [-0.05, 0) is 57.8 Å². The van der Waals surface area contributed by atoms with Crippen molar-refractivity contribution in [3.05, 3.63) is 48.6 Å². The van der Waals surface area contributed by atoms with E-state index in [1.54, 1.807) is 6.08 Å². The van der Waals surface area contributed by atoms with Crippen LogP contribution in [-0.4, -0.2) is 73.4 Å². The predicted octanol–water partition coefficient (Wildman–Crippen LogP) is 18.3. The van der Waals surface area contributed by atoms with Gasteiger partial charge in [-0.15, -0.1) is 0 Å². The zero-order chi connectivity index (χ0) is 51.3. The molecule has 0 aromatic heterocycles. The normalized spacial score (nSPS) is 14.2. The average Bonchev–Trinajstić information content (AvgIpc) is 3.32. The van der Waals surface area contributed by atoms with Gasteiger partial charge in [0.05, 0.1) is 39.9 Å². The molecule has 0 saturated carbocycles. The third kappa shape index (κ3) is 54.2. The van der Waals surface area contributed by atoms with Gasteiger partial charge in [0.25, 0.3) is 0 Å². The number of quaternary nitrogens is 1. The minimum absolute atomic E-state index is 0.0622. The minimum atomic E-state index is -4.33. The number of likely N-dealkylation sites (N-methyl/N-ethyl adjacent to an activating group) is 1. The van der Waals surface area contributed by atoms with E-state index in [4.69, 9.17) is 9.05 Å². The van der Waals surface area contributed by atoms with Crippen molar-refractivity contribution < 1.29 is 32.9 Å². The van der Waals surface area contributed by atoms with Crippen LogP contribution in [0.3, 0.4) is 0 Å². The number of carbonyl (C=O) groups is 1. The van der Waals surface area contributed by atoms with Crippen LogP contribution < -0.4 is 5.32 Å². The Balaban J connectivity index is 3.72. The summed E-state index contributed by atoms with van der Waals surface area (Å²) in [6, 6.07) is -0.841. The Morgan fingerprint density at radius 2 is 0.814 bits per heavy atom. The Morgan fingerprint density at radius 3 is 1.19 bits per heavy atom. The number of rotatable bonds is 55. The molecule has 0 aliphatic rings. The van der Waals surface area contributed by atoms with Gasteiger partial charge in [0, 0.05) is 6.42 Å². The minimum Gasteiger partial charge on any atom is -0.387 e. The average molecular weight is 1010 g/mol. The fourth-order valence-corrected chi connectivity index (χ4v) is 9.55. The third-order valence-corrected chi connectivity index (χ3v) is 14.5. The first-order valence-corrected chi connectivity index (χ1v) is 31.5. The molecule has 3 unspecified atom stereocenters. The van der Waals surface area contributed by atoms with Gasteiger partial charge in [0.1, 0.15) is 13.2 Å². The second kappa shape index (κ2) is 52.3. The molecule has 0 heterocycles. The van der Waals surface area contributed by atoms with E-state index in [2.05, 4.69) is 55.6 Å². The van der Waals surface area contributed by atoms with Gasteiger partial charge in [-0.3, -0.25) is 13.8 Å². The molecule has 0 rings (SSSR count). The highest BCUT2D eigenvalue weighted by Gasteiger charge is 2.27. The summed E-state index contributed by atoms with van der Waals surface area (Å²) in [4.78, 5) is 23.1. The number of amides is 1. The quantitative estimate of drug-likeness (QED) is 0.0243. The molecule has 3 atom stereocenters. The third-order valence-electron chi connectivity index (χ3n) is 13.5. The predicted molar refractivity (Wildman–Crippen MR) is 304 cm³/mol. The van der Waals surface area contributed by atoms with Gasteiger partial charge in [0.15, 0.2) is 0 Å². The summed E-state index contributed by atoms with van der Waals surface area (Å²) in [5.41, 5.74) is 0. The smallest absolute Gasteiger partial charge is 0.387 e.